The average molecular weight is 290 g/mol. The van der Waals surface area contributed by atoms with Gasteiger partial charge in [0, 0.05) is 19.1 Å². The second kappa shape index (κ2) is 6.55. The van der Waals surface area contributed by atoms with Crippen molar-refractivity contribution in [3.05, 3.63) is 0 Å². The van der Waals surface area contributed by atoms with Crippen LogP contribution < -0.4 is 5.32 Å². The fourth-order valence-corrected chi connectivity index (χ4v) is 2.88. The Morgan fingerprint density at radius 3 is 2.42 bits per heavy atom. The maximum Gasteiger partial charge on any atom is 0.167 e. The average Bonchev–Trinajstić information content (AvgIpc) is 2.84. The highest BCUT2D eigenvalue weighted by atomic mass is 35.5. The van der Waals surface area contributed by atoms with Gasteiger partial charge in [-0.25, -0.2) is 0 Å². The molecule has 19 heavy (non-hydrogen) atoms. The van der Waals surface area contributed by atoms with Crippen molar-refractivity contribution < 1.29 is 9.53 Å². The van der Waals surface area contributed by atoms with E-state index >= 15 is 0 Å². The number of alkyl halides is 1. The Kier molecular flexibility index (Phi) is 5.84. The molecule has 1 N–H and O–H groups in total. The van der Waals surface area contributed by atoms with Gasteiger partial charge in [0.05, 0.1) is 5.00 Å². The fourth-order valence-electron chi connectivity index (χ4n) is 2.73. The summed E-state index contributed by atoms with van der Waals surface area (Å²) in [5.41, 5.74) is -0.630. The van der Waals surface area contributed by atoms with Crippen LogP contribution in [0.1, 0.15) is 59.8 Å². The number of rotatable bonds is 7. The zero-order valence-electron chi connectivity index (χ0n) is 12.9. The van der Waals surface area contributed by atoms with Crippen molar-refractivity contribution in [3.63, 3.8) is 0 Å². The lowest BCUT2D eigenvalue weighted by molar-refractivity contribution is -0.143. The van der Waals surface area contributed by atoms with Crippen molar-refractivity contribution >= 4 is 17.4 Å². The Morgan fingerprint density at radius 1 is 1.32 bits per heavy atom. The van der Waals surface area contributed by atoms with Crippen LogP contribution >= 0.6 is 11.6 Å². The summed E-state index contributed by atoms with van der Waals surface area (Å²) >= 11 is 6.35. The van der Waals surface area contributed by atoms with Crippen LogP contribution in [0.2, 0.25) is 0 Å². The van der Waals surface area contributed by atoms with Gasteiger partial charge in [0.25, 0.3) is 0 Å². The standard InChI is InChI=1S/C15H28ClNO2/c1-6-14(3,19-5)13(18)11-8-9-12(10-11)17-15(4,16)7-2/h11-12,17H,6-10H2,1-5H3/t11-,12-,14?,15?/m0/s1. The highest BCUT2D eigenvalue weighted by molar-refractivity contribution is 6.23. The lowest BCUT2D eigenvalue weighted by Gasteiger charge is -2.29. The Hall–Kier alpha value is -0.120. The number of nitrogens with one attached hydrogen (secondary N) is 1. The Morgan fingerprint density at radius 2 is 1.95 bits per heavy atom. The lowest BCUT2D eigenvalue weighted by atomic mass is 9.87. The van der Waals surface area contributed by atoms with E-state index in [-0.39, 0.29) is 16.7 Å². The quantitative estimate of drug-likeness (QED) is 0.576. The van der Waals surface area contributed by atoms with Crippen LogP contribution in [0.3, 0.4) is 0 Å². The SMILES string of the molecule is CCC(C)(Cl)N[C@H]1CC[C@H](C(=O)C(C)(CC)OC)C1. The van der Waals surface area contributed by atoms with Gasteiger partial charge in [0.1, 0.15) is 5.60 Å². The van der Waals surface area contributed by atoms with Crippen LogP contribution in [-0.2, 0) is 9.53 Å². The summed E-state index contributed by atoms with van der Waals surface area (Å²) in [5.74, 6) is 0.348. The number of carbonyl (C=O) groups is 1. The number of carbonyl (C=O) groups excluding carboxylic acids is 1. The Balaban J connectivity index is 2.59. The van der Waals surface area contributed by atoms with E-state index in [0.29, 0.717) is 6.04 Å². The molecule has 0 aliphatic heterocycles. The summed E-state index contributed by atoms with van der Waals surface area (Å²) in [6, 6.07) is 0.342. The first-order chi connectivity index (χ1) is 8.78. The van der Waals surface area contributed by atoms with Crippen molar-refractivity contribution in [1.29, 1.82) is 0 Å². The van der Waals surface area contributed by atoms with Crippen LogP contribution in [0.25, 0.3) is 0 Å². The van der Waals surface area contributed by atoms with Crippen molar-refractivity contribution in [3.8, 4) is 0 Å². The molecule has 1 saturated carbocycles. The minimum Gasteiger partial charge on any atom is -0.371 e. The fraction of sp³-hybridized carbons (Fsp3) is 0.933. The molecule has 0 saturated heterocycles. The van der Waals surface area contributed by atoms with Crippen LogP contribution in [0.5, 0.6) is 0 Å². The van der Waals surface area contributed by atoms with E-state index in [0.717, 1.165) is 32.1 Å². The molecule has 0 aromatic carbocycles. The lowest BCUT2D eigenvalue weighted by Crippen LogP contribution is -2.44. The Bertz CT molecular complexity index is 313. The van der Waals surface area contributed by atoms with E-state index < -0.39 is 5.60 Å². The zero-order chi connectivity index (χ0) is 14.7. The number of halogens is 1. The third-order valence-electron chi connectivity index (χ3n) is 4.62. The molecule has 1 aliphatic carbocycles. The minimum atomic E-state index is -0.630. The van der Waals surface area contributed by atoms with E-state index in [2.05, 4.69) is 12.2 Å². The number of hydrogen-bond acceptors (Lipinski definition) is 3. The van der Waals surface area contributed by atoms with E-state index in [9.17, 15) is 4.79 Å². The van der Waals surface area contributed by atoms with E-state index in [1.54, 1.807) is 7.11 Å². The predicted octanol–water partition coefficient (Wildman–Crippen LogP) is 3.49. The number of ketones is 1. The monoisotopic (exact) mass is 289 g/mol. The first-order valence-electron chi connectivity index (χ1n) is 7.34. The summed E-state index contributed by atoms with van der Waals surface area (Å²) in [5, 5.41) is 3.45. The molecule has 1 fully saturated rings. The second-order valence-electron chi connectivity index (χ2n) is 6.06. The van der Waals surface area contributed by atoms with Gasteiger partial charge in [-0.1, -0.05) is 13.8 Å². The highest BCUT2D eigenvalue weighted by Crippen LogP contribution is 2.33. The van der Waals surface area contributed by atoms with Gasteiger partial charge < -0.3 is 4.74 Å². The number of ether oxygens (including phenoxy) is 1. The summed E-state index contributed by atoms with van der Waals surface area (Å²) in [6.07, 6.45) is 4.42. The number of hydrogen-bond donors (Lipinski definition) is 1. The van der Waals surface area contributed by atoms with Crippen LogP contribution in [0.4, 0.5) is 0 Å². The van der Waals surface area contributed by atoms with Gasteiger partial charge in [-0.05, 0) is 46.0 Å². The normalized spacial score (nSPS) is 29.8. The van der Waals surface area contributed by atoms with Crippen molar-refractivity contribution in [2.24, 2.45) is 5.92 Å². The molecule has 112 valence electrons. The molecule has 3 nitrogen and oxygen atoms in total. The molecule has 0 spiro atoms. The third kappa shape index (κ3) is 4.17. The van der Waals surface area contributed by atoms with Crippen LogP contribution in [0, 0.1) is 5.92 Å². The Labute approximate surface area is 122 Å². The topological polar surface area (TPSA) is 38.3 Å². The van der Waals surface area contributed by atoms with Crippen LogP contribution in [0.15, 0.2) is 0 Å². The maximum absolute atomic E-state index is 12.5. The largest absolute Gasteiger partial charge is 0.371 e. The van der Waals surface area contributed by atoms with Crippen molar-refractivity contribution in [1.82, 2.24) is 5.32 Å². The summed E-state index contributed by atoms with van der Waals surface area (Å²) in [6.45, 7) is 7.96. The van der Waals surface area contributed by atoms with Crippen LogP contribution in [-0.4, -0.2) is 29.5 Å². The highest BCUT2D eigenvalue weighted by Gasteiger charge is 2.40. The summed E-state index contributed by atoms with van der Waals surface area (Å²) in [7, 11) is 1.62. The van der Waals surface area contributed by atoms with Gasteiger partial charge >= 0.3 is 0 Å². The van der Waals surface area contributed by atoms with Gasteiger partial charge in [0.2, 0.25) is 0 Å². The molecule has 0 amide bonds. The molecule has 2 unspecified atom stereocenters. The molecular formula is C15H28ClNO2. The van der Waals surface area contributed by atoms with Gasteiger partial charge in [-0.3, -0.25) is 10.1 Å². The maximum atomic E-state index is 12.5. The minimum absolute atomic E-state index is 0.103. The molecule has 4 heteroatoms. The summed E-state index contributed by atoms with van der Waals surface area (Å²) < 4.78 is 5.42. The van der Waals surface area contributed by atoms with E-state index in [1.807, 2.05) is 20.8 Å². The molecule has 1 aliphatic rings. The number of methoxy groups -OCH3 is 1. The molecule has 4 atom stereocenters. The van der Waals surface area contributed by atoms with Gasteiger partial charge in [0.15, 0.2) is 5.78 Å². The molecule has 0 aromatic rings. The smallest absolute Gasteiger partial charge is 0.167 e. The number of Topliss-reactive ketones (excluding diaryl/α,β-unsaturated/α-hetero) is 1. The zero-order valence-corrected chi connectivity index (χ0v) is 13.6. The molecule has 0 heterocycles. The molecule has 0 aromatic heterocycles. The predicted molar refractivity (Wildman–Crippen MR) is 79.5 cm³/mol. The van der Waals surface area contributed by atoms with E-state index in [4.69, 9.17) is 16.3 Å². The van der Waals surface area contributed by atoms with E-state index in [1.165, 1.54) is 0 Å². The molecule has 0 radical (unpaired) electrons. The van der Waals surface area contributed by atoms with Crippen molar-refractivity contribution in [2.75, 3.05) is 7.11 Å². The van der Waals surface area contributed by atoms with Gasteiger partial charge in [-0.15, -0.1) is 11.6 Å². The molecular weight excluding hydrogens is 262 g/mol. The third-order valence-corrected chi connectivity index (χ3v) is 5.00. The molecule has 1 rings (SSSR count). The summed E-state index contributed by atoms with van der Waals surface area (Å²) in [4.78, 5) is 12.2. The first-order valence-corrected chi connectivity index (χ1v) is 7.72. The first kappa shape index (κ1) is 16.9. The second-order valence-corrected chi connectivity index (χ2v) is 6.89. The van der Waals surface area contributed by atoms with Crippen molar-refractivity contribution in [2.45, 2.75) is 76.4 Å². The van der Waals surface area contributed by atoms with Gasteiger partial charge in [-0.2, -0.15) is 0 Å². The molecule has 0 bridgehead atoms.